The smallest absolute Gasteiger partial charge is 0.138 e. The van der Waals surface area contributed by atoms with Crippen LogP contribution in [0.5, 0.6) is 0 Å². The number of rotatable bonds is 5. The summed E-state index contributed by atoms with van der Waals surface area (Å²) in [5, 5.41) is -0.195. The van der Waals surface area contributed by atoms with Gasteiger partial charge in [-0.3, -0.25) is 0 Å². The van der Waals surface area contributed by atoms with Gasteiger partial charge in [-0.25, -0.2) is 9.37 Å². The summed E-state index contributed by atoms with van der Waals surface area (Å²) >= 11 is 10.1. The van der Waals surface area contributed by atoms with Gasteiger partial charge in [-0.05, 0) is 60.9 Å². The van der Waals surface area contributed by atoms with Crippen LogP contribution < -0.4 is 0 Å². The van der Waals surface area contributed by atoms with Crippen LogP contribution in [0.3, 0.4) is 0 Å². The standard InChI is InChI=1S/C14H17ClFIN2S/c1-8(4-5-20-3)19-13-6-10(16)11(17)7-12(13)18-14(19)9(2)15/h6-9H,4-5H2,1-3H3. The Morgan fingerprint density at radius 2 is 2.15 bits per heavy atom. The van der Waals surface area contributed by atoms with Gasteiger partial charge in [-0.15, -0.1) is 11.6 Å². The van der Waals surface area contributed by atoms with Crippen molar-refractivity contribution in [2.45, 2.75) is 31.7 Å². The van der Waals surface area contributed by atoms with E-state index in [1.165, 1.54) is 0 Å². The highest BCUT2D eigenvalue weighted by atomic mass is 127. The van der Waals surface area contributed by atoms with Crippen molar-refractivity contribution in [3.05, 3.63) is 27.3 Å². The van der Waals surface area contributed by atoms with Crippen LogP contribution in [0.4, 0.5) is 4.39 Å². The van der Waals surface area contributed by atoms with Crippen LogP contribution in [0.2, 0.25) is 0 Å². The summed E-state index contributed by atoms with van der Waals surface area (Å²) in [5.74, 6) is 1.67. The van der Waals surface area contributed by atoms with Crippen molar-refractivity contribution in [1.82, 2.24) is 9.55 Å². The molecule has 2 atom stereocenters. The summed E-state index contributed by atoms with van der Waals surface area (Å²) in [7, 11) is 0. The molecule has 20 heavy (non-hydrogen) atoms. The number of fused-ring (bicyclic) bond motifs is 1. The highest BCUT2D eigenvalue weighted by Crippen LogP contribution is 2.31. The lowest BCUT2D eigenvalue weighted by molar-refractivity contribution is 0.524. The van der Waals surface area contributed by atoms with Crippen molar-refractivity contribution in [3.63, 3.8) is 0 Å². The summed E-state index contributed by atoms with van der Waals surface area (Å²) in [6.07, 6.45) is 3.10. The minimum atomic E-state index is -0.204. The van der Waals surface area contributed by atoms with Crippen molar-refractivity contribution in [1.29, 1.82) is 0 Å². The third-order valence-corrected chi connectivity index (χ3v) is 4.96. The largest absolute Gasteiger partial charge is 0.324 e. The molecule has 0 N–H and O–H groups in total. The summed E-state index contributed by atoms with van der Waals surface area (Å²) in [5.41, 5.74) is 1.65. The van der Waals surface area contributed by atoms with E-state index in [1.807, 2.05) is 41.3 Å². The topological polar surface area (TPSA) is 17.8 Å². The molecule has 6 heteroatoms. The van der Waals surface area contributed by atoms with E-state index >= 15 is 0 Å². The quantitative estimate of drug-likeness (QED) is 0.471. The van der Waals surface area contributed by atoms with Gasteiger partial charge in [0.15, 0.2) is 0 Å². The molecule has 0 saturated heterocycles. The predicted molar refractivity (Wildman–Crippen MR) is 94.4 cm³/mol. The summed E-state index contributed by atoms with van der Waals surface area (Å²) in [6, 6.07) is 3.61. The SMILES string of the molecule is CSCCC(C)n1c(C(C)Cl)nc2cc(I)c(F)cc21. The van der Waals surface area contributed by atoms with Gasteiger partial charge in [0.1, 0.15) is 11.6 Å². The molecular formula is C14H17ClFIN2S. The molecule has 0 fully saturated rings. The van der Waals surface area contributed by atoms with Gasteiger partial charge < -0.3 is 4.57 Å². The number of halogens is 3. The number of hydrogen-bond acceptors (Lipinski definition) is 2. The molecule has 0 amide bonds. The second-order valence-electron chi connectivity index (χ2n) is 4.84. The molecule has 2 rings (SSSR count). The van der Waals surface area contributed by atoms with Crippen LogP contribution in [-0.2, 0) is 0 Å². The maximum absolute atomic E-state index is 13.9. The molecule has 0 aliphatic rings. The molecule has 0 bridgehead atoms. The van der Waals surface area contributed by atoms with Gasteiger partial charge in [0, 0.05) is 12.1 Å². The maximum Gasteiger partial charge on any atom is 0.138 e. The number of alkyl halides is 1. The Bertz CT molecular complexity index is 615. The summed E-state index contributed by atoms with van der Waals surface area (Å²) in [4.78, 5) is 4.60. The molecule has 110 valence electrons. The zero-order valence-corrected chi connectivity index (χ0v) is 15.4. The van der Waals surface area contributed by atoms with Crippen LogP contribution in [0.25, 0.3) is 11.0 Å². The fourth-order valence-corrected chi connectivity index (χ4v) is 3.45. The molecule has 0 aliphatic heterocycles. The Kier molecular flexibility index (Phi) is 5.59. The van der Waals surface area contributed by atoms with E-state index in [4.69, 9.17) is 11.6 Å². The Balaban J connectivity index is 2.58. The van der Waals surface area contributed by atoms with Gasteiger partial charge in [0.25, 0.3) is 0 Å². The second kappa shape index (κ2) is 6.83. The first-order chi connectivity index (χ1) is 9.45. The lowest BCUT2D eigenvalue weighted by Crippen LogP contribution is -2.11. The van der Waals surface area contributed by atoms with Crippen molar-refractivity contribution in [2.24, 2.45) is 0 Å². The van der Waals surface area contributed by atoms with Crippen molar-refractivity contribution in [2.75, 3.05) is 12.0 Å². The van der Waals surface area contributed by atoms with Crippen molar-refractivity contribution in [3.8, 4) is 0 Å². The second-order valence-corrected chi connectivity index (χ2v) is 7.64. The average Bonchev–Trinajstić information content (AvgIpc) is 2.75. The average molecular weight is 427 g/mol. The molecule has 0 radical (unpaired) electrons. The Labute approximate surface area is 141 Å². The van der Waals surface area contributed by atoms with E-state index in [-0.39, 0.29) is 17.2 Å². The van der Waals surface area contributed by atoms with Gasteiger partial charge in [0.2, 0.25) is 0 Å². The van der Waals surface area contributed by atoms with E-state index in [1.54, 1.807) is 12.1 Å². The van der Waals surface area contributed by atoms with E-state index in [2.05, 4.69) is 22.7 Å². The Morgan fingerprint density at radius 1 is 1.45 bits per heavy atom. The highest BCUT2D eigenvalue weighted by molar-refractivity contribution is 14.1. The lowest BCUT2D eigenvalue weighted by atomic mass is 10.2. The van der Waals surface area contributed by atoms with Gasteiger partial charge in [0.05, 0.1) is 20.0 Å². The third kappa shape index (κ3) is 3.25. The Hall–Kier alpha value is -0.0100. The molecule has 1 aromatic heterocycles. The molecule has 1 heterocycles. The normalized spacial score (nSPS) is 14.7. The molecule has 0 aliphatic carbocycles. The van der Waals surface area contributed by atoms with E-state index in [9.17, 15) is 4.39 Å². The first-order valence-corrected chi connectivity index (χ1v) is 9.36. The van der Waals surface area contributed by atoms with Gasteiger partial charge in [-0.2, -0.15) is 11.8 Å². The molecule has 2 aromatic rings. The van der Waals surface area contributed by atoms with Crippen molar-refractivity contribution >= 4 is 57.0 Å². The monoisotopic (exact) mass is 426 g/mol. The van der Waals surface area contributed by atoms with Crippen LogP contribution in [0.15, 0.2) is 12.1 Å². The highest BCUT2D eigenvalue weighted by Gasteiger charge is 2.20. The maximum atomic E-state index is 13.9. The third-order valence-electron chi connectivity index (χ3n) is 3.30. The fraction of sp³-hybridized carbons (Fsp3) is 0.500. The van der Waals surface area contributed by atoms with E-state index in [0.717, 1.165) is 29.0 Å². The van der Waals surface area contributed by atoms with Crippen molar-refractivity contribution < 1.29 is 4.39 Å². The van der Waals surface area contributed by atoms with Crippen LogP contribution in [0.1, 0.15) is 37.5 Å². The molecule has 2 unspecified atom stereocenters. The molecular weight excluding hydrogens is 410 g/mol. The number of aromatic nitrogens is 2. The Morgan fingerprint density at radius 3 is 2.75 bits per heavy atom. The number of imidazole rings is 1. The number of thioether (sulfide) groups is 1. The zero-order valence-electron chi connectivity index (χ0n) is 11.7. The zero-order chi connectivity index (χ0) is 14.9. The van der Waals surface area contributed by atoms with E-state index < -0.39 is 0 Å². The summed E-state index contributed by atoms with van der Waals surface area (Å²) < 4.78 is 16.5. The number of nitrogens with zero attached hydrogens (tertiary/aromatic N) is 2. The van der Waals surface area contributed by atoms with Gasteiger partial charge in [-0.1, -0.05) is 0 Å². The van der Waals surface area contributed by atoms with E-state index in [0.29, 0.717) is 3.57 Å². The lowest BCUT2D eigenvalue weighted by Gasteiger charge is -2.18. The van der Waals surface area contributed by atoms with Crippen LogP contribution in [0, 0.1) is 9.39 Å². The first-order valence-electron chi connectivity index (χ1n) is 6.45. The van der Waals surface area contributed by atoms with Gasteiger partial charge >= 0.3 is 0 Å². The number of benzene rings is 1. The minimum absolute atomic E-state index is 0.195. The predicted octanol–water partition coefficient (Wildman–Crippen LogP) is 5.39. The first kappa shape index (κ1) is 16.4. The summed E-state index contributed by atoms with van der Waals surface area (Å²) in [6.45, 7) is 4.04. The number of hydrogen-bond donors (Lipinski definition) is 0. The molecule has 1 aromatic carbocycles. The van der Waals surface area contributed by atoms with Crippen LogP contribution in [-0.4, -0.2) is 21.6 Å². The molecule has 0 saturated carbocycles. The fourth-order valence-electron chi connectivity index (χ4n) is 2.27. The minimum Gasteiger partial charge on any atom is -0.324 e. The molecule has 2 nitrogen and oxygen atoms in total. The molecule has 0 spiro atoms. The van der Waals surface area contributed by atoms with Crippen LogP contribution >= 0.6 is 46.0 Å².